The molecule has 0 saturated carbocycles. The van der Waals surface area contributed by atoms with Crippen molar-refractivity contribution < 1.29 is 22.7 Å². The van der Waals surface area contributed by atoms with Gasteiger partial charge < -0.3 is 14.8 Å². The van der Waals surface area contributed by atoms with Crippen LogP contribution in [0.2, 0.25) is 0 Å². The van der Waals surface area contributed by atoms with Crippen molar-refractivity contribution in [1.29, 1.82) is 0 Å². The molecule has 1 saturated heterocycles. The van der Waals surface area contributed by atoms with Gasteiger partial charge >= 0.3 is 0 Å². The van der Waals surface area contributed by atoms with Crippen molar-refractivity contribution in [3.63, 3.8) is 0 Å². The molecule has 1 heterocycles. The summed E-state index contributed by atoms with van der Waals surface area (Å²) in [6, 6.07) is 12.5. The molecule has 0 radical (unpaired) electrons. The zero-order valence-corrected chi connectivity index (χ0v) is 20.0. The Balaban J connectivity index is 1.64. The number of nitrogens with zero attached hydrogens (tertiary/aromatic N) is 1. The molecule has 1 fully saturated rings. The number of aryl methyl sites for hydroxylation is 1. The summed E-state index contributed by atoms with van der Waals surface area (Å²) in [5.74, 6) is 0.471. The molecule has 0 aromatic heterocycles. The third-order valence-corrected chi connectivity index (χ3v) is 7.30. The topological polar surface area (TPSA) is 84.9 Å². The highest BCUT2D eigenvalue weighted by atomic mass is 32.2. The number of carbonyl (C=O) groups excluding carboxylic acids is 1. The molecule has 0 atom stereocenters. The van der Waals surface area contributed by atoms with Gasteiger partial charge in [0.25, 0.3) is 5.91 Å². The largest absolute Gasteiger partial charge is 0.491 e. The first kappa shape index (κ1) is 24.2. The number of amides is 1. The molecule has 1 amide bonds. The van der Waals surface area contributed by atoms with Crippen molar-refractivity contribution in [2.24, 2.45) is 0 Å². The standard InChI is InChI=1S/C24H32N2O5S/c1-18-9-10-19(32(28,29)26-12-15-30-16-13-26)17-20(18)23(27)25-11-14-31-22-8-6-5-7-21(22)24(2,3)4/h5-10,17H,11-16H2,1-4H3,(H,25,27). The van der Waals surface area contributed by atoms with Crippen molar-refractivity contribution in [1.82, 2.24) is 9.62 Å². The number of benzene rings is 2. The molecule has 1 aliphatic rings. The normalized spacial score (nSPS) is 15.4. The highest BCUT2D eigenvalue weighted by molar-refractivity contribution is 7.89. The minimum absolute atomic E-state index is 0.0522. The van der Waals surface area contributed by atoms with Gasteiger partial charge in [0, 0.05) is 18.7 Å². The highest BCUT2D eigenvalue weighted by Gasteiger charge is 2.27. The second-order valence-corrected chi connectivity index (χ2v) is 10.8. The van der Waals surface area contributed by atoms with Crippen LogP contribution >= 0.6 is 0 Å². The average Bonchev–Trinajstić information content (AvgIpc) is 2.77. The van der Waals surface area contributed by atoms with E-state index in [2.05, 4.69) is 26.1 Å². The predicted molar refractivity (Wildman–Crippen MR) is 124 cm³/mol. The summed E-state index contributed by atoms with van der Waals surface area (Å²) in [5.41, 5.74) is 2.10. The molecule has 1 N–H and O–H groups in total. The van der Waals surface area contributed by atoms with Crippen molar-refractivity contribution >= 4 is 15.9 Å². The predicted octanol–water partition coefficient (Wildman–Crippen LogP) is 3.12. The number of carbonyl (C=O) groups is 1. The van der Waals surface area contributed by atoms with Crippen molar-refractivity contribution in [3.05, 3.63) is 59.2 Å². The Labute approximate surface area is 190 Å². The highest BCUT2D eigenvalue weighted by Crippen LogP contribution is 2.30. The first-order chi connectivity index (χ1) is 15.1. The van der Waals surface area contributed by atoms with E-state index in [9.17, 15) is 13.2 Å². The maximum atomic E-state index is 12.9. The lowest BCUT2D eigenvalue weighted by atomic mass is 9.86. The maximum absolute atomic E-state index is 12.9. The maximum Gasteiger partial charge on any atom is 0.251 e. The third-order valence-electron chi connectivity index (χ3n) is 5.40. The van der Waals surface area contributed by atoms with E-state index in [0.717, 1.165) is 11.3 Å². The molecule has 32 heavy (non-hydrogen) atoms. The summed E-state index contributed by atoms with van der Waals surface area (Å²) < 4.78 is 38.4. The molecule has 2 aromatic carbocycles. The molecule has 0 unspecified atom stereocenters. The molecule has 7 nitrogen and oxygen atoms in total. The van der Waals surface area contributed by atoms with E-state index in [1.807, 2.05) is 24.3 Å². The zero-order valence-electron chi connectivity index (χ0n) is 19.2. The van der Waals surface area contributed by atoms with E-state index in [1.54, 1.807) is 19.1 Å². The molecule has 8 heteroatoms. The first-order valence-electron chi connectivity index (χ1n) is 10.8. The number of morpholine rings is 1. The number of para-hydroxylation sites is 1. The lowest BCUT2D eigenvalue weighted by Gasteiger charge is -2.26. The lowest BCUT2D eigenvalue weighted by Crippen LogP contribution is -2.40. The SMILES string of the molecule is Cc1ccc(S(=O)(=O)N2CCOCC2)cc1C(=O)NCCOc1ccccc1C(C)(C)C. The summed E-state index contributed by atoms with van der Waals surface area (Å²) in [6.45, 7) is 10.1. The number of nitrogens with one attached hydrogen (secondary N) is 1. The summed E-state index contributed by atoms with van der Waals surface area (Å²) in [4.78, 5) is 12.9. The Morgan fingerprint density at radius 3 is 2.50 bits per heavy atom. The van der Waals surface area contributed by atoms with Crippen LogP contribution in [0.5, 0.6) is 5.75 Å². The Morgan fingerprint density at radius 1 is 1.12 bits per heavy atom. The van der Waals surface area contributed by atoms with E-state index in [4.69, 9.17) is 9.47 Å². The summed E-state index contributed by atoms with van der Waals surface area (Å²) >= 11 is 0. The number of rotatable bonds is 7. The number of hydrogen-bond donors (Lipinski definition) is 1. The van der Waals surface area contributed by atoms with Crippen LogP contribution in [0.3, 0.4) is 0 Å². The van der Waals surface area contributed by atoms with E-state index >= 15 is 0 Å². The Kier molecular flexibility index (Phi) is 7.59. The van der Waals surface area contributed by atoms with Gasteiger partial charge in [0.1, 0.15) is 12.4 Å². The fourth-order valence-electron chi connectivity index (χ4n) is 3.58. The molecule has 174 valence electrons. The third kappa shape index (κ3) is 5.68. The van der Waals surface area contributed by atoms with Gasteiger partial charge in [0.2, 0.25) is 10.0 Å². The van der Waals surface area contributed by atoms with Crippen LogP contribution in [-0.2, 0) is 20.2 Å². The Morgan fingerprint density at radius 2 is 1.81 bits per heavy atom. The van der Waals surface area contributed by atoms with Crippen LogP contribution in [-0.4, -0.2) is 58.1 Å². The molecule has 2 aromatic rings. The monoisotopic (exact) mass is 460 g/mol. The van der Waals surface area contributed by atoms with Crippen LogP contribution in [0.15, 0.2) is 47.4 Å². The minimum Gasteiger partial charge on any atom is -0.491 e. The van der Waals surface area contributed by atoms with Gasteiger partial charge in [-0.15, -0.1) is 0 Å². The summed E-state index contributed by atoms with van der Waals surface area (Å²) in [5, 5.41) is 2.83. The minimum atomic E-state index is -3.67. The van der Waals surface area contributed by atoms with Gasteiger partial charge in [-0.1, -0.05) is 45.0 Å². The molecular formula is C24H32N2O5S. The van der Waals surface area contributed by atoms with Crippen LogP contribution in [0, 0.1) is 6.92 Å². The van der Waals surface area contributed by atoms with Crippen LogP contribution in [0.4, 0.5) is 0 Å². The molecule has 0 aliphatic carbocycles. The molecule has 0 bridgehead atoms. The number of hydrogen-bond acceptors (Lipinski definition) is 5. The summed E-state index contributed by atoms with van der Waals surface area (Å²) in [6.07, 6.45) is 0. The van der Waals surface area contributed by atoms with Crippen LogP contribution < -0.4 is 10.1 Å². The smallest absolute Gasteiger partial charge is 0.251 e. The zero-order chi connectivity index (χ0) is 23.4. The lowest BCUT2D eigenvalue weighted by molar-refractivity contribution is 0.0730. The number of ether oxygens (including phenoxy) is 2. The van der Waals surface area contributed by atoms with Gasteiger partial charge in [-0.3, -0.25) is 4.79 Å². The Bertz CT molecular complexity index is 1050. The molecule has 3 rings (SSSR count). The van der Waals surface area contributed by atoms with Gasteiger partial charge in [0.15, 0.2) is 0 Å². The average molecular weight is 461 g/mol. The van der Waals surface area contributed by atoms with Gasteiger partial charge in [-0.2, -0.15) is 4.31 Å². The quantitative estimate of drug-likeness (QED) is 0.642. The number of sulfonamides is 1. The van der Waals surface area contributed by atoms with Crippen molar-refractivity contribution in [2.75, 3.05) is 39.5 Å². The van der Waals surface area contributed by atoms with E-state index in [1.165, 1.54) is 10.4 Å². The second kappa shape index (κ2) is 10.0. The van der Waals surface area contributed by atoms with Gasteiger partial charge in [-0.05, 0) is 41.7 Å². The van der Waals surface area contributed by atoms with Crippen molar-refractivity contribution in [2.45, 2.75) is 38.0 Å². The van der Waals surface area contributed by atoms with Gasteiger partial charge in [0.05, 0.1) is 24.7 Å². The fraction of sp³-hybridized carbons (Fsp3) is 0.458. The second-order valence-electron chi connectivity index (χ2n) is 8.84. The molecule has 1 aliphatic heterocycles. The van der Waals surface area contributed by atoms with Crippen LogP contribution in [0.25, 0.3) is 0 Å². The first-order valence-corrected chi connectivity index (χ1v) is 12.2. The van der Waals surface area contributed by atoms with Gasteiger partial charge in [-0.25, -0.2) is 8.42 Å². The Hall–Kier alpha value is -2.42. The van der Waals surface area contributed by atoms with Crippen molar-refractivity contribution in [3.8, 4) is 5.75 Å². The van der Waals surface area contributed by atoms with E-state index in [-0.39, 0.29) is 16.2 Å². The fourth-order valence-corrected chi connectivity index (χ4v) is 5.01. The van der Waals surface area contributed by atoms with Crippen LogP contribution in [0.1, 0.15) is 42.3 Å². The van der Waals surface area contributed by atoms with E-state index < -0.39 is 10.0 Å². The molecular weight excluding hydrogens is 428 g/mol. The molecule has 0 spiro atoms. The summed E-state index contributed by atoms with van der Waals surface area (Å²) in [7, 11) is -3.67. The van der Waals surface area contributed by atoms with E-state index in [0.29, 0.717) is 50.6 Å².